The van der Waals surface area contributed by atoms with E-state index in [2.05, 4.69) is 10.0 Å². The summed E-state index contributed by atoms with van der Waals surface area (Å²) in [7, 11) is -1.21. The number of nitrogens with one attached hydrogen (secondary N) is 2. The Morgan fingerprint density at radius 3 is 2.50 bits per heavy atom. The molecule has 0 radical (unpaired) electrons. The lowest BCUT2D eigenvalue weighted by molar-refractivity contribution is -0.122. The van der Waals surface area contributed by atoms with E-state index in [1.54, 1.807) is 18.2 Å². The molecule has 0 aliphatic carbocycles. The lowest BCUT2D eigenvalue weighted by Crippen LogP contribution is -2.47. The molecular formula is C20H25FN2O5S2. The van der Waals surface area contributed by atoms with Gasteiger partial charge in [0.05, 0.1) is 14.2 Å². The van der Waals surface area contributed by atoms with E-state index in [4.69, 9.17) is 9.47 Å². The molecule has 0 saturated carbocycles. The van der Waals surface area contributed by atoms with E-state index < -0.39 is 32.7 Å². The van der Waals surface area contributed by atoms with Crippen LogP contribution in [0.25, 0.3) is 0 Å². The van der Waals surface area contributed by atoms with Crippen molar-refractivity contribution in [3.05, 3.63) is 53.8 Å². The molecule has 1 amide bonds. The number of hydrogen-bond donors (Lipinski definition) is 2. The van der Waals surface area contributed by atoms with Crippen LogP contribution in [0.4, 0.5) is 4.39 Å². The van der Waals surface area contributed by atoms with Gasteiger partial charge < -0.3 is 14.8 Å². The Kier molecular flexibility index (Phi) is 8.94. The lowest BCUT2D eigenvalue weighted by Gasteiger charge is -2.19. The predicted octanol–water partition coefficient (Wildman–Crippen LogP) is 2.56. The molecule has 164 valence electrons. The molecule has 30 heavy (non-hydrogen) atoms. The maximum Gasteiger partial charge on any atom is 0.244 e. The second kappa shape index (κ2) is 11.2. The third kappa shape index (κ3) is 6.10. The zero-order chi connectivity index (χ0) is 22.1. The minimum atomic E-state index is -4.21. The van der Waals surface area contributed by atoms with Crippen LogP contribution in [0.15, 0.2) is 47.4 Å². The molecule has 0 aliphatic rings. The van der Waals surface area contributed by atoms with Gasteiger partial charge in [-0.25, -0.2) is 12.8 Å². The van der Waals surface area contributed by atoms with Crippen molar-refractivity contribution in [3.63, 3.8) is 0 Å². The van der Waals surface area contributed by atoms with Crippen LogP contribution in [0.5, 0.6) is 11.5 Å². The molecule has 0 bridgehead atoms. The van der Waals surface area contributed by atoms with Gasteiger partial charge in [-0.05, 0) is 36.6 Å². The molecule has 2 aromatic carbocycles. The van der Waals surface area contributed by atoms with Crippen LogP contribution >= 0.6 is 11.8 Å². The summed E-state index contributed by atoms with van der Waals surface area (Å²) >= 11 is 1.47. The van der Waals surface area contributed by atoms with Crippen molar-refractivity contribution in [3.8, 4) is 11.5 Å². The highest BCUT2D eigenvalue weighted by Gasteiger charge is 2.27. The first-order valence-corrected chi connectivity index (χ1v) is 11.9. The van der Waals surface area contributed by atoms with Gasteiger partial charge in [0, 0.05) is 12.1 Å². The summed E-state index contributed by atoms with van der Waals surface area (Å²) in [6.45, 7) is 0.108. The van der Waals surface area contributed by atoms with Crippen molar-refractivity contribution < 1.29 is 27.1 Å². The molecule has 0 heterocycles. The first kappa shape index (κ1) is 24.0. The first-order valence-electron chi connectivity index (χ1n) is 9.07. The van der Waals surface area contributed by atoms with Gasteiger partial charge in [0.2, 0.25) is 15.9 Å². The molecule has 10 heteroatoms. The van der Waals surface area contributed by atoms with E-state index >= 15 is 0 Å². The Morgan fingerprint density at radius 1 is 1.13 bits per heavy atom. The Hall–Kier alpha value is -2.30. The quantitative estimate of drug-likeness (QED) is 0.540. The Balaban J connectivity index is 2.17. The summed E-state index contributed by atoms with van der Waals surface area (Å²) in [5.74, 6) is 0.140. The fourth-order valence-electron chi connectivity index (χ4n) is 2.79. The van der Waals surface area contributed by atoms with Crippen molar-refractivity contribution in [2.45, 2.75) is 23.9 Å². The fourth-order valence-corrected chi connectivity index (χ4v) is 4.57. The van der Waals surface area contributed by atoms with Gasteiger partial charge in [0.15, 0.2) is 11.5 Å². The average molecular weight is 457 g/mol. The second-order valence-corrected chi connectivity index (χ2v) is 8.92. The van der Waals surface area contributed by atoms with Crippen LogP contribution in [0.1, 0.15) is 12.0 Å². The maximum absolute atomic E-state index is 14.0. The minimum Gasteiger partial charge on any atom is -0.493 e. The number of carbonyl (C=O) groups is 1. The van der Waals surface area contributed by atoms with E-state index in [0.29, 0.717) is 22.8 Å². The summed E-state index contributed by atoms with van der Waals surface area (Å²) < 4.78 is 52.1. The third-order valence-corrected chi connectivity index (χ3v) is 6.44. The fraction of sp³-hybridized carbons (Fsp3) is 0.350. The average Bonchev–Trinajstić information content (AvgIpc) is 2.74. The van der Waals surface area contributed by atoms with Gasteiger partial charge in [0.25, 0.3) is 0 Å². The molecule has 7 nitrogen and oxygen atoms in total. The molecule has 2 aromatic rings. The van der Waals surface area contributed by atoms with Gasteiger partial charge in [-0.1, -0.05) is 24.3 Å². The van der Waals surface area contributed by atoms with Crippen LogP contribution in [0.3, 0.4) is 0 Å². The number of carbonyl (C=O) groups excluding carboxylic acids is 1. The molecule has 0 aromatic heterocycles. The molecule has 0 aliphatic heterocycles. The van der Waals surface area contributed by atoms with E-state index in [0.717, 1.165) is 12.1 Å². The number of para-hydroxylation sites is 1. The SMILES string of the molecule is COc1cccc(CNC(=O)C(CCSC)NS(=O)(=O)c2ccccc2F)c1OC. The topological polar surface area (TPSA) is 93.7 Å². The lowest BCUT2D eigenvalue weighted by atomic mass is 10.1. The molecule has 0 spiro atoms. The van der Waals surface area contributed by atoms with Crippen molar-refractivity contribution in [1.82, 2.24) is 10.0 Å². The maximum atomic E-state index is 14.0. The Labute approximate surface area is 180 Å². The number of benzene rings is 2. The predicted molar refractivity (Wildman–Crippen MR) is 115 cm³/mol. The number of amides is 1. The zero-order valence-electron chi connectivity index (χ0n) is 17.0. The van der Waals surface area contributed by atoms with Crippen LogP contribution < -0.4 is 19.5 Å². The van der Waals surface area contributed by atoms with Gasteiger partial charge in [-0.2, -0.15) is 16.5 Å². The minimum absolute atomic E-state index is 0.108. The van der Waals surface area contributed by atoms with E-state index in [1.165, 1.54) is 38.1 Å². The summed E-state index contributed by atoms with van der Waals surface area (Å²) in [6, 6.07) is 9.23. The molecular weight excluding hydrogens is 431 g/mol. The highest BCUT2D eigenvalue weighted by atomic mass is 32.2. The number of thioether (sulfide) groups is 1. The van der Waals surface area contributed by atoms with Crippen LogP contribution in [0.2, 0.25) is 0 Å². The summed E-state index contributed by atoms with van der Waals surface area (Å²) in [4.78, 5) is 12.3. The molecule has 1 atom stereocenters. The Bertz CT molecular complexity index is 969. The van der Waals surface area contributed by atoms with Gasteiger partial charge in [-0.15, -0.1) is 0 Å². The molecule has 0 saturated heterocycles. The number of methoxy groups -OCH3 is 2. The number of sulfonamides is 1. The number of rotatable bonds is 11. The van der Waals surface area contributed by atoms with Crippen LogP contribution in [-0.2, 0) is 21.4 Å². The van der Waals surface area contributed by atoms with Gasteiger partial charge in [0.1, 0.15) is 16.8 Å². The highest BCUT2D eigenvalue weighted by molar-refractivity contribution is 7.98. The van der Waals surface area contributed by atoms with Crippen molar-refractivity contribution in [2.24, 2.45) is 0 Å². The first-order chi connectivity index (χ1) is 14.3. The highest BCUT2D eigenvalue weighted by Crippen LogP contribution is 2.30. The van der Waals surface area contributed by atoms with Crippen molar-refractivity contribution >= 4 is 27.7 Å². The molecule has 2 N–H and O–H groups in total. The van der Waals surface area contributed by atoms with Gasteiger partial charge >= 0.3 is 0 Å². The standard InChI is InChI=1S/C20H25FN2O5S2/c1-27-17-9-6-7-14(19(17)28-2)13-22-20(24)16(11-12-29-3)23-30(25,26)18-10-5-4-8-15(18)21/h4-10,16,23H,11-13H2,1-3H3,(H,22,24). The van der Waals surface area contributed by atoms with Gasteiger partial charge in [-0.3, -0.25) is 4.79 Å². The number of halogens is 1. The molecule has 2 rings (SSSR count). The normalized spacial score (nSPS) is 12.3. The van der Waals surface area contributed by atoms with E-state index in [9.17, 15) is 17.6 Å². The zero-order valence-corrected chi connectivity index (χ0v) is 18.6. The summed E-state index contributed by atoms with van der Waals surface area (Å²) in [5.41, 5.74) is 0.672. The Morgan fingerprint density at radius 2 is 1.87 bits per heavy atom. The largest absolute Gasteiger partial charge is 0.493 e. The van der Waals surface area contributed by atoms with Crippen molar-refractivity contribution in [1.29, 1.82) is 0 Å². The third-order valence-electron chi connectivity index (χ3n) is 4.29. The van der Waals surface area contributed by atoms with E-state index in [1.807, 2.05) is 6.26 Å². The van der Waals surface area contributed by atoms with Crippen LogP contribution in [0, 0.1) is 5.82 Å². The van der Waals surface area contributed by atoms with Crippen molar-refractivity contribution in [2.75, 3.05) is 26.2 Å². The summed E-state index contributed by atoms with van der Waals surface area (Å²) in [6.07, 6.45) is 2.09. The monoisotopic (exact) mass is 456 g/mol. The second-order valence-electron chi connectivity index (χ2n) is 6.26. The smallest absolute Gasteiger partial charge is 0.244 e. The number of hydrogen-bond acceptors (Lipinski definition) is 6. The number of ether oxygens (including phenoxy) is 2. The van der Waals surface area contributed by atoms with Crippen LogP contribution in [-0.4, -0.2) is 46.6 Å². The van der Waals surface area contributed by atoms with E-state index in [-0.39, 0.29) is 13.0 Å². The summed E-state index contributed by atoms with van der Waals surface area (Å²) in [5, 5.41) is 2.72. The molecule has 1 unspecified atom stereocenters. The molecule has 0 fully saturated rings.